The Morgan fingerprint density at radius 2 is 1.88 bits per heavy atom. The van der Waals surface area contributed by atoms with Gasteiger partial charge in [0.1, 0.15) is 5.82 Å². The number of anilines is 1. The van der Waals surface area contributed by atoms with Gasteiger partial charge in [-0.15, -0.1) is 0 Å². The molecule has 2 rings (SSSR count). The Morgan fingerprint density at radius 1 is 1.19 bits per heavy atom. The number of pyridine rings is 1. The Labute approximate surface area is 106 Å². The average molecular weight is 283 g/mol. The molecule has 0 aromatic carbocycles. The van der Waals surface area contributed by atoms with Gasteiger partial charge in [0.25, 0.3) is 0 Å². The number of nitrogens with one attached hydrogen (secondary N) is 1. The fourth-order valence-electron chi connectivity index (χ4n) is 2.74. The van der Waals surface area contributed by atoms with Gasteiger partial charge in [-0.25, -0.2) is 4.98 Å². The molecule has 0 spiro atoms. The average Bonchev–Trinajstić information content (AvgIpc) is 2.20. The predicted molar refractivity (Wildman–Crippen MR) is 71.5 cm³/mol. The SMILES string of the molecule is CC1CC(C)CC(Nc2ccc(Br)cn2)C1. The molecule has 2 nitrogen and oxygen atoms in total. The smallest absolute Gasteiger partial charge is 0.126 e. The molecular weight excluding hydrogens is 264 g/mol. The van der Waals surface area contributed by atoms with E-state index in [0.717, 1.165) is 22.1 Å². The molecule has 2 unspecified atom stereocenters. The van der Waals surface area contributed by atoms with Crippen molar-refractivity contribution >= 4 is 21.7 Å². The van der Waals surface area contributed by atoms with Crippen LogP contribution in [0.25, 0.3) is 0 Å². The van der Waals surface area contributed by atoms with Gasteiger partial charge in [0.2, 0.25) is 0 Å². The van der Waals surface area contributed by atoms with Gasteiger partial charge in [-0.1, -0.05) is 13.8 Å². The van der Waals surface area contributed by atoms with E-state index in [1.165, 1.54) is 19.3 Å². The highest BCUT2D eigenvalue weighted by molar-refractivity contribution is 9.10. The van der Waals surface area contributed by atoms with Crippen LogP contribution in [0.2, 0.25) is 0 Å². The number of aromatic nitrogens is 1. The lowest BCUT2D eigenvalue weighted by Crippen LogP contribution is -2.30. The van der Waals surface area contributed by atoms with Crippen LogP contribution in [-0.4, -0.2) is 11.0 Å². The first-order valence-electron chi connectivity index (χ1n) is 6.01. The van der Waals surface area contributed by atoms with E-state index in [4.69, 9.17) is 0 Å². The second-order valence-corrected chi connectivity index (χ2v) is 6.04. The highest BCUT2D eigenvalue weighted by Crippen LogP contribution is 2.30. The van der Waals surface area contributed by atoms with Crippen LogP contribution in [-0.2, 0) is 0 Å². The molecule has 3 heteroatoms. The Hall–Kier alpha value is -0.570. The third-order valence-corrected chi connectivity index (χ3v) is 3.73. The maximum absolute atomic E-state index is 4.36. The van der Waals surface area contributed by atoms with Gasteiger partial charge in [-0.05, 0) is 59.2 Å². The predicted octanol–water partition coefficient (Wildman–Crippen LogP) is 4.08. The van der Waals surface area contributed by atoms with E-state index in [1.54, 1.807) is 0 Å². The molecule has 1 N–H and O–H groups in total. The third kappa shape index (κ3) is 3.21. The highest BCUT2D eigenvalue weighted by atomic mass is 79.9. The summed E-state index contributed by atoms with van der Waals surface area (Å²) >= 11 is 3.40. The summed E-state index contributed by atoms with van der Waals surface area (Å²) < 4.78 is 1.03. The van der Waals surface area contributed by atoms with Crippen LogP contribution in [0.15, 0.2) is 22.8 Å². The zero-order valence-electron chi connectivity index (χ0n) is 9.91. The zero-order chi connectivity index (χ0) is 11.5. The molecule has 0 saturated heterocycles. The van der Waals surface area contributed by atoms with Crippen molar-refractivity contribution in [3.8, 4) is 0 Å². The van der Waals surface area contributed by atoms with E-state index in [-0.39, 0.29) is 0 Å². The van der Waals surface area contributed by atoms with Crippen molar-refractivity contribution in [1.82, 2.24) is 4.98 Å². The largest absolute Gasteiger partial charge is 0.367 e. The van der Waals surface area contributed by atoms with Gasteiger partial charge in [0.05, 0.1) is 0 Å². The lowest BCUT2D eigenvalue weighted by atomic mass is 9.80. The van der Waals surface area contributed by atoms with Crippen LogP contribution in [0, 0.1) is 11.8 Å². The van der Waals surface area contributed by atoms with Gasteiger partial charge in [-0.3, -0.25) is 0 Å². The standard InChI is InChI=1S/C13H19BrN2/c1-9-5-10(2)7-12(6-9)16-13-4-3-11(14)8-15-13/h3-4,8-10,12H,5-7H2,1-2H3,(H,15,16). The van der Waals surface area contributed by atoms with Crippen molar-refractivity contribution in [3.63, 3.8) is 0 Å². The second kappa shape index (κ2) is 5.17. The maximum atomic E-state index is 4.36. The van der Waals surface area contributed by atoms with Crippen LogP contribution in [0.5, 0.6) is 0 Å². The molecule has 1 aliphatic rings. The molecule has 1 aromatic heterocycles. The van der Waals surface area contributed by atoms with Gasteiger partial charge in [0.15, 0.2) is 0 Å². The van der Waals surface area contributed by atoms with E-state index < -0.39 is 0 Å². The summed E-state index contributed by atoms with van der Waals surface area (Å²) in [7, 11) is 0. The van der Waals surface area contributed by atoms with Crippen LogP contribution < -0.4 is 5.32 Å². The van der Waals surface area contributed by atoms with E-state index in [2.05, 4.69) is 40.1 Å². The van der Waals surface area contributed by atoms with Gasteiger partial charge >= 0.3 is 0 Å². The number of nitrogens with zero attached hydrogens (tertiary/aromatic N) is 1. The first-order valence-corrected chi connectivity index (χ1v) is 6.81. The summed E-state index contributed by atoms with van der Waals surface area (Å²) in [5.41, 5.74) is 0. The Bertz CT molecular complexity index is 326. The minimum absolute atomic E-state index is 0.590. The topological polar surface area (TPSA) is 24.9 Å². The van der Waals surface area contributed by atoms with E-state index >= 15 is 0 Å². The lowest BCUT2D eigenvalue weighted by molar-refractivity contribution is 0.280. The minimum Gasteiger partial charge on any atom is -0.367 e. The quantitative estimate of drug-likeness (QED) is 0.884. The monoisotopic (exact) mass is 282 g/mol. The summed E-state index contributed by atoms with van der Waals surface area (Å²) in [4.78, 5) is 4.36. The molecule has 0 amide bonds. The van der Waals surface area contributed by atoms with Crippen molar-refractivity contribution in [1.29, 1.82) is 0 Å². The molecule has 1 heterocycles. The number of hydrogen-bond acceptors (Lipinski definition) is 2. The minimum atomic E-state index is 0.590. The summed E-state index contributed by atoms with van der Waals surface area (Å²) in [6.07, 6.45) is 5.74. The fourth-order valence-corrected chi connectivity index (χ4v) is 2.97. The molecule has 1 aliphatic carbocycles. The van der Waals surface area contributed by atoms with Gasteiger partial charge < -0.3 is 5.32 Å². The zero-order valence-corrected chi connectivity index (χ0v) is 11.5. The first kappa shape index (κ1) is 11.9. The highest BCUT2D eigenvalue weighted by Gasteiger charge is 2.23. The number of rotatable bonds is 2. The van der Waals surface area contributed by atoms with Crippen molar-refractivity contribution in [2.75, 3.05) is 5.32 Å². The summed E-state index contributed by atoms with van der Waals surface area (Å²) in [5.74, 6) is 2.66. The molecule has 0 bridgehead atoms. The Balaban J connectivity index is 1.96. The molecule has 2 atom stereocenters. The van der Waals surface area contributed by atoms with E-state index in [9.17, 15) is 0 Å². The molecular formula is C13H19BrN2. The summed E-state index contributed by atoms with van der Waals surface area (Å²) in [6, 6.07) is 4.66. The molecule has 1 fully saturated rings. The van der Waals surface area contributed by atoms with Crippen LogP contribution >= 0.6 is 15.9 Å². The normalized spacial score (nSPS) is 30.1. The Kier molecular flexibility index (Phi) is 3.85. The lowest BCUT2D eigenvalue weighted by Gasteiger charge is -2.32. The first-order chi connectivity index (χ1) is 7.63. The van der Waals surface area contributed by atoms with Crippen LogP contribution in [0.3, 0.4) is 0 Å². The molecule has 1 saturated carbocycles. The molecule has 88 valence electrons. The fraction of sp³-hybridized carbons (Fsp3) is 0.615. The maximum Gasteiger partial charge on any atom is 0.126 e. The third-order valence-electron chi connectivity index (χ3n) is 3.26. The second-order valence-electron chi connectivity index (χ2n) is 5.12. The summed E-state index contributed by atoms with van der Waals surface area (Å²) in [6.45, 7) is 4.69. The molecule has 1 aromatic rings. The molecule has 16 heavy (non-hydrogen) atoms. The Morgan fingerprint density at radius 3 is 2.44 bits per heavy atom. The van der Waals surface area contributed by atoms with Crippen molar-refractivity contribution in [2.45, 2.75) is 39.2 Å². The molecule has 0 radical (unpaired) electrons. The van der Waals surface area contributed by atoms with Crippen molar-refractivity contribution < 1.29 is 0 Å². The van der Waals surface area contributed by atoms with Crippen LogP contribution in [0.4, 0.5) is 5.82 Å². The van der Waals surface area contributed by atoms with Crippen LogP contribution in [0.1, 0.15) is 33.1 Å². The molecule has 0 aliphatic heterocycles. The van der Waals surface area contributed by atoms with Gasteiger partial charge in [-0.2, -0.15) is 0 Å². The van der Waals surface area contributed by atoms with E-state index in [1.807, 2.05) is 18.3 Å². The van der Waals surface area contributed by atoms with Crippen molar-refractivity contribution in [3.05, 3.63) is 22.8 Å². The summed E-state index contributed by atoms with van der Waals surface area (Å²) in [5, 5.41) is 3.54. The number of halogens is 1. The number of hydrogen-bond donors (Lipinski definition) is 1. The van der Waals surface area contributed by atoms with Gasteiger partial charge in [0, 0.05) is 16.7 Å². The van der Waals surface area contributed by atoms with Crippen molar-refractivity contribution in [2.24, 2.45) is 11.8 Å². The van der Waals surface area contributed by atoms with E-state index in [0.29, 0.717) is 6.04 Å².